The lowest BCUT2D eigenvalue weighted by Gasteiger charge is -2.13. The third kappa shape index (κ3) is 3.27. The van der Waals surface area contributed by atoms with Gasteiger partial charge in [-0.2, -0.15) is 0 Å². The maximum atomic E-state index is 13.1. The number of hydrogen-bond donors (Lipinski definition) is 1. The van der Waals surface area contributed by atoms with Gasteiger partial charge in [0, 0.05) is 11.5 Å². The number of methoxy groups -OCH3 is 2. The normalized spacial score (nSPS) is 10.6. The molecule has 0 saturated carbocycles. The number of aromatic nitrogens is 1. The van der Waals surface area contributed by atoms with E-state index in [4.69, 9.17) is 13.9 Å². The largest absolute Gasteiger partial charge is 0.497 e. The number of benzene rings is 2. The Hall–Kier alpha value is -3.80. The fourth-order valence-corrected chi connectivity index (χ4v) is 3.01. The molecule has 2 heterocycles. The first-order valence-corrected chi connectivity index (χ1v) is 8.66. The van der Waals surface area contributed by atoms with Crippen molar-refractivity contribution >= 4 is 22.5 Å². The summed E-state index contributed by atoms with van der Waals surface area (Å²) in [6.45, 7) is 0. The van der Waals surface area contributed by atoms with Crippen molar-refractivity contribution in [1.82, 2.24) is 4.98 Å². The molecule has 0 aliphatic heterocycles. The second kappa shape index (κ2) is 7.44. The van der Waals surface area contributed by atoms with Crippen molar-refractivity contribution in [3.8, 4) is 23.0 Å². The molecule has 4 rings (SSSR count). The highest BCUT2D eigenvalue weighted by Crippen LogP contribution is 2.31. The molecule has 4 aromatic rings. The minimum atomic E-state index is -0.269. The molecule has 0 aliphatic rings. The number of furan rings is 1. The molecule has 1 N–H and O–H groups in total. The van der Waals surface area contributed by atoms with Gasteiger partial charge in [0.25, 0.3) is 5.91 Å². The number of amides is 1. The van der Waals surface area contributed by atoms with Gasteiger partial charge in [0.2, 0.25) is 0 Å². The molecular formula is C22H18N2O4. The monoisotopic (exact) mass is 374 g/mol. The Bertz CT molecular complexity index is 1140. The van der Waals surface area contributed by atoms with Crippen LogP contribution in [0.1, 0.15) is 10.4 Å². The Morgan fingerprint density at radius 2 is 1.86 bits per heavy atom. The van der Waals surface area contributed by atoms with Crippen LogP contribution >= 0.6 is 0 Å². The molecule has 0 radical (unpaired) electrons. The Kier molecular flexibility index (Phi) is 4.68. The number of hydrogen-bond acceptors (Lipinski definition) is 5. The van der Waals surface area contributed by atoms with E-state index in [1.807, 2.05) is 30.3 Å². The molecule has 140 valence electrons. The summed E-state index contributed by atoms with van der Waals surface area (Å²) in [6.07, 6.45) is 1.58. The van der Waals surface area contributed by atoms with Crippen LogP contribution in [0.5, 0.6) is 11.5 Å². The lowest BCUT2D eigenvalue weighted by atomic mass is 10.1. The summed E-state index contributed by atoms with van der Waals surface area (Å²) < 4.78 is 16.0. The molecule has 2 aromatic heterocycles. The highest BCUT2D eigenvalue weighted by Gasteiger charge is 2.17. The number of nitrogens with zero attached hydrogens (tertiary/aromatic N) is 1. The van der Waals surface area contributed by atoms with Gasteiger partial charge in [-0.1, -0.05) is 18.2 Å². The van der Waals surface area contributed by atoms with Crippen LogP contribution < -0.4 is 14.8 Å². The van der Waals surface area contributed by atoms with E-state index in [-0.39, 0.29) is 5.91 Å². The summed E-state index contributed by atoms with van der Waals surface area (Å²) in [4.78, 5) is 17.7. The number of anilines is 1. The standard InChI is InChI=1S/C22H18N2O4/c1-26-14-9-10-18(21(12-14)27-2)24-22(25)16-13-19(20-8-5-11-28-20)23-17-7-4-3-6-15(16)17/h3-13H,1-2H3,(H,24,25). The van der Waals surface area contributed by atoms with E-state index in [0.29, 0.717) is 39.7 Å². The predicted molar refractivity (Wildman–Crippen MR) is 107 cm³/mol. The van der Waals surface area contributed by atoms with Crippen LogP contribution in [0, 0.1) is 0 Å². The van der Waals surface area contributed by atoms with Crippen molar-refractivity contribution in [3.05, 3.63) is 72.5 Å². The third-order valence-corrected chi connectivity index (χ3v) is 4.39. The Labute approximate surface area is 161 Å². The lowest BCUT2D eigenvalue weighted by Crippen LogP contribution is -2.14. The van der Waals surface area contributed by atoms with Crippen molar-refractivity contribution in [2.24, 2.45) is 0 Å². The SMILES string of the molecule is COc1ccc(NC(=O)c2cc(-c3ccco3)nc3ccccc23)c(OC)c1. The van der Waals surface area contributed by atoms with Crippen LogP contribution in [-0.4, -0.2) is 25.1 Å². The van der Waals surface area contributed by atoms with Crippen molar-refractivity contribution < 1.29 is 18.7 Å². The number of carbonyl (C=O) groups is 1. The van der Waals surface area contributed by atoms with Crippen molar-refractivity contribution in [2.45, 2.75) is 0 Å². The molecule has 1 amide bonds. The number of nitrogens with one attached hydrogen (secondary N) is 1. The Morgan fingerprint density at radius 1 is 1.00 bits per heavy atom. The molecule has 2 aromatic carbocycles. The molecular weight excluding hydrogens is 356 g/mol. The highest BCUT2D eigenvalue weighted by molar-refractivity contribution is 6.13. The number of rotatable bonds is 5. The van der Waals surface area contributed by atoms with E-state index in [1.54, 1.807) is 50.8 Å². The summed E-state index contributed by atoms with van der Waals surface area (Å²) in [5, 5.41) is 3.67. The predicted octanol–water partition coefficient (Wildman–Crippen LogP) is 4.76. The molecule has 0 saturated heterocycles. The van der Waals surface area contributed by atoms with E-state index in [2.05, 4.69) is 10.3 Å². The number of para-hydroxylation sites is 1. The second-order valence-corrected chi connectivity index (χ2v) is 6.07. The van der Waals surface area contributed by atoms with Crippen LogP contribution in [0.15, 0.2) is 71.3 Å². The highest BCUT2D eigenvalue weighted by atomic mass is 16.5. The molecule has 6 heteroatoms. The average molecular weight is 374 g/mol. The number of fused-ring (bicyclic) bond motifs is 1. The number of pyridine rings is 1. The zero-order valence-electron chi connectivity index (χ0n) is 15.4. The van der Waals surface area contributed by atoms with Gasteiger partial charge in [0.15, 0.2) is 5.76 Å². The molecule has 0 bridgehead atoms. The first kappa shape index (κ1) is 17.6. The van der Waals surface area contributed by atoms with Crippen LogP contribution in [0.2, 0.25) is 0 Å². The van der Waals surface area contributed by atoms with Crippen molar-refractivity contribution in [3.63, 3.8) is 0 Å². The first-order valence-electron chi connectivity index (χ1n) is 8.66. The van der Waals surface area contributed by atoms with Gasteiger partial charge in [0.05, 0.1) is 37.3 Å². The number of ether oxygens (including phenoxy) is 2. The molecule has 0 spiro atoms. The minimum absolute atomic E-state index is 0.269. The zero-order valence-corrected chi connectivity index (χ0v) is 15.4. The summed E-state index contributed by atoms with van der Waals surface area (Å²) >= 11 is 0. The minimum Gasteiger partial charge on any atom is -0.497 e. The Balaban J connectivity index is 1.77. The fourth-order valence-electron chi connectivity index (χ4n) is 3.01. The van der Waals surface area contributed by atoms with Gasteiger partial charge in [0.1, 0.15) is 17.2 Å². The zero-order chi connectivity index (χ0) is 19.5. The van der Waals surface area contributed by atoms with Crippen LogP contribution in [0.3, 0.4) is 0 Å². The number of carbonyl (C=O) groups excluding carboxylic acids is 1. The maximum absolute atomic E-state index is 13.1. The third-order valence-electron chi connectivity index (χ3n) is 4.39. The first-order chi connectivity index (χ1) is 13.7. The van der Waals surface area contributed by atoms with Gasteiger partial charge in [-0.05, 0) is 36.4 Å². The maximum Gasteiger partial charge on any atom is 0.256 e. The van der Waals surface area contributed by atoms with Gasteiger partial charge in [-0.15, -0.1) is 0 Å². The second-order valence-electron chi connectivity index (χ2n) is 6.07. The summed E-state index contributed by atoms with van der Waals surface area (Å²) in [6, 6.07) is 18.0. The fraction of sp³-hybridized carbons (Fsp3) is 0.0909. The van der Waals surface area contributed by atoms with E-state index in [1.165, 1.54) is 0 Å². The van der Waals surface area contributed by atoms with E-state index in [0.717, 1.165) is 5.39 Å². The van der Waals surface area contributed by atoms with Crippen LogP contribution in [-0.2, 0) is 0 Å². The Morgan fingerprint density at radius 3 is 2.61 bits per heavy atom. The van der Waals surface area contributed by atoms with E-state index >= 15 is 0 Å². The van der Waals surface area contributed by atoms with E-state index < -0.39 is 0 Å². The van der Waals surface area contributed by atoms with Crippen molar-refractivity contribution in [2.75, 3.05) is 19.5 Å². The molecule has 0 unspecified atom stereocenters. The average Bonchev–Trinajstić information content (AvgIpc) is 3.28. The van der Waals surface area contributed by atoms with Crippen molar-refractivity contribution in [1.29, 1.82) is 0 Å². The van der Waals surface area contributed by atoms with Crippen LogP contribution in [0.4, 0.5) is 5.69 Å². The van der Waals surface area contributed by atoms with Gasteiger partial charge < -0.3 is 19.2 Å². The summed E-state index contributed by atoms with van der Waals surface area (Å²) in [7, 11) is 3.12. The summed E-state index contributed by atoms with van der Waals surface area (Å²) in [5.41, 5.74) is 2.35. The van der Waals surface area contributed by atoms with Crippen LogP contribution in [0.25, 0.3) is 22.4 Å². The van der Waals surface area contributed by atoms with Gasteiger partial charge in [-0.3, -0.25) is 4.79 Å². The quantitative estimate of drug-likeness (QED) is 0.545. The lowest BCUT2D eigenvalue weighted by molar-refractivity contribution is 0.102. The molecule has 0 atom stereocenters. The molecule has 0 aliphatic carbocycles. The van der Waals surface area contributed by atoms with Gasteiger partial charge in [-0.25, -0.2) is 4.98 Å². The summed E-state index contributed by atoms with van der Waals surface area (Å²) in [5.74, 6) is 1.48. The molecule has 6 nitrogen and oxygen atoms in total. The molecule has 28 heavy (non-hydrogen) atoms. The van der Waals surface area contributed by atoms with Gasteiger partial charge >= 0.3 is 0 Å². The topological polar surface area (TPSA) is 73.6 Å². The van der Waals surface area contributed by atoms with E-state index in [9.17, 15) is 4.79 Å². The smallest absolute Gasteiger partial charge is 0.256 e. The molecule has 0 fully saturated rings.